The molecule has 1 aromatic heterocycles. The van der Waals surface area contributed by atoms with Gasteiger partial charge in [0.15, 0.2) is 0 Å². The van der Waals surface area contributed by atoms with E-state index in [4.69, 9.17) is 11.6 Å². The highest BCUT2D eigenvalue weighted by Crippen LogP contribution is 2.36. The zero-order valence-corrected chi connectivity index (χ0v) is 15.2. The zero-order chi connectivity index (χ0) is 20.1. The summed E-state index contributed by atoms with van der Waals surface area (Å²) in [5, 5.41) is 5.21. The van der Waals surface area contributed by atoms with E-state index < -0.39 is 22.7 Å². The lowest BCUT2D eigenvalue weighted by Crippen LogP contribution is -2.15. The fourth-order valence-electron chi connectivity index (χ4n) is 2.55. The number of pyridine rings is 1. The van der Waals surface area contributed by atoms with Crippen LogP contribution < -0.4 is 10.6 Å². The summed E-state index contributed by atoms with van der Waals surface area (Å²) in [4.78, 5) is 16.6. The van der Waals surface area contributed by atoms with Gasteiger partial charge in [0.25, 0.3) is 5.91 Å². The van der Waals surface area contributed by atoms with Crippen LogP contribution in [0.3, 0.4) is 0 Å². The number of anilines is 2. The maximum Gasteiger partial charge on any atom is 0.417 e. The summed E-state index contributed by atoms with van der Waals surface area (Å²) in [6.45, 7) is 0.464. The van der Waals surface area contributed by atoms with Crippen molar-refractivity contribution in [1.82, 2.24) is 4.98 Å². The quantitative estimate of drug-likeness (QED) is 0.579. The number of amides is 1. The first-order valence-electron chi connectivity index (χ1n) is 8.24. The number of para-hydroxylation sites is 1. The Morgan fingerprint density at radius 3 is 2.46 bits per heavy atom. The monoisotopic (exact) mass is 405 g/mol. The first kappa shape index (κ1) is 19.7. The first-order chi connectivity index (χ1) is 13.3. The summed E-state index contributed by atoms with van der Waals surface area (Å²) < 4.78 is 39.0. The van der Waals surface area contributed by atoms with E-state index in [2.05, 4.69) is 15.6 Å². The smallest absolute Gasteiger partial charge is 0.380 e. The maximum absolute atomic E-state index is 13.0. The molecule has 1 heterocycles. The van der Waals surface area contributed by atoms with Crippen molar-refractivity contribution < 1.29 is 18.0 Å². The highest BCUT2D eigenvalue weighted by atomic mass is 35.5. The van der Waals surface area contributed by atoms with Gasteiger partial charge in [0.05, 0.1) is 16.1 Å². The predicted molar refractivity (Wildman–Crippen MR) is 102 cm³/mol. The van der Waals surface area contributed by atoms with Gasteiger partial charge in [-0.2, -0.15) is 13.2 Å². The lowest BCUT2D eigenvalue weighted by molar-refractivity contribution is -0.137. The van der Waals surface area contributed by atoms with Crippen molar-refractivity contribution in [3.05, 3.63) is 88.7 Å². The second kappa shape index (κ2) is 8.31. The van der Waals surface area contributed by atoms with Crippen molar-refractivity contribution in [2.24, 2.45) is 0 Å². The highest BCUT2D eigenvalue weighted by Gasteiger charge is 2.33. The van der Waals surface area contributed by atoms with Crippen LogP contribution in [-0.2, 0) is 12.7 Å². The van der Waals surface area contributed by atoms with Gasteiger partial charge < -0.3 is 10.6 Å². The summed E-state index contributed by atoms with van der Waals surface area (Å²) in [7, 11) is 0. The Labute approximate surface area is 164 Å². The molecule has 2 N–H and O–H groups in total. The molecule has 28 heavy (non-hydrogen) atoms. The molecular formula is C20H15ClF3N3O. The summed E-state index contributed by atoms with van der Waals surface area (Å²) in [6, 6.07) is 13.7. The van der Waals surface area contributed by atoms with Crippen LogP contribution in [0.2, 0.25) is 5.02 Å². The Balaban J connectivity index is 1.78. The zero-order valence-electron chi connectivity index (χ0n) is 14.4. The second-order valence-corrected chi connectivity index (χ2v) is 6.31. The van der Waals surface area contributed by atoms with Crippen molar-refractivity contribution in [2.45, 2.75) is 12.7 Å². The molecule has 8 heteroatoms. The predicted octanol–water partition coefficient (Wildman–Crippen LogP) is 5.62. The van der Waals surface area contributed by atoms with Crippen molar-refractivity contribution in [2.75, 3.05) is 10.6 Å². The molecule has 0 aliphatic carbocycles. The molecule has 2 aromatic carbocycles. The van der Waals surface area contributed by atoms with E-state index in [1.54, 1.807) is 36.7 Å². The number of halogens is 4. The molecule has 0 aliphatic rings. The summed E-state index contributed by atoms with van der Waals surface area (Å²) in [5.74, 6) is -0.534. The third-order valence-electron chi connectivity index (χ3n) is 3.93. The van der Waals surface area contributed by atoms with Crippen LogP contribution in [0.5, 0.6) is 0 Å². The molecule has 3 rings (SSSR count). The van der Waals surface area contributed by atoms with Crippen LogP contribution in [0.25, 0.3) is 0 Å². The fourth-order valence-corrected chi connectivity index (χ4v) is 2.78. The average molecular weight is 406 g/mol. The third-order valence-corrected chi connectivity index (χ3v) is 4.26. The standard InChI is InChI=1S/C20H15ClF3N3O/c21-17-6-5-14(11-16(17)20(22,23)24)27-19(28)15-3-1-2-4-18(15)26-12-13-7-9-25-10-8-13/h1-11,26H,12H2,(H,27,28). The second-order valence-electron chi connectivity index (χ2n) is 5.90. The maximum atomic E-state index is 13.0. The van der Waals surface area contributed by atoms with E-state index in [9.17, 15) is 18.0 Å². The molecule has 0 fully saturated rings. The van der Waals surface area contributed by atoms with Gasteiger partial charge in [-0.15, -0.1) is 0 Å². The van der Waals surface area contributed by atoms with Crippen LogP contribution in [-0.4, -0.2) is 10.9 Å². The number of hydrogen-bond donors (Lipinski definition) is 2. The SMILES string of the molecule is O=C(Nc1ccc(Cl)c(C(F)(F)F)c1)c1ccccc1NCc1ccncc1. The number of rotatable bonds is 5. The normalized spacial score (nSPS) is 11.1. The van der Waals surface area contributed by atoms with Crippen LogP contribution in [0.15, 0.2) is 67.0 Å². The molecule has 0 radical (unpaired) electrons. The molecule has 0 atom stereocenters. The molecule has 0 saturated carbocycles. The number of nitrogens with one attached hydrogen (secondary N) is 2. The van der Waals surface area contributed by atoms with E-state index in [1.165, 1.54) is 6.07 Å². The Hall–Kier alpha value is -3.06. The van der Waals surface area contributed by atoms with Gasteiger partial charge >= 0.3 is 6.18 Å². The molecule has 3 aromatic rings. The molecule has 4 nitrogen and oxygen atoms in total. The van der Waals surface area contributed by atoms with E-state index in [1.807, 2.05) is 12.1 Å². The van der Waals surface area contributed by atoms with Crippen molar-refractivity contribution in [3.63, 3.8) is 0 Å². The van der Waals surface area contributed by atoms with E-state index >= 15 is 0 Å². The number of alkyl halides is 3. The van der Waals surface area contributed by atoms with Gasteiger partial charge in [0.1, 0.15) is 0 Å². The lowest BCUT2D eigenvalue weighted by Gasteiger charge is -2.14. The molecule has 0 aliphatic heterocycles. The van der Waals surface area contributed by atoms with Crippen LogP contribution in [0.1, 0.15) is 21.5 Å². The minimum absolute atomic E-state index is 0.00524. The molecule has 0 spiro atoms. The summed E-state index contributed by atoms with van der Waals surface area (Å²) >= 11 is 5.61. The summed E-state index contributed by atoms with van der Waals surface area (Å²) in [6.07, 6.45) is -1.29. The minimum Gasteiger partial charge on any atom is -0.380 e. The third kappa shape index (κ3) is 4.80. The van der Waals surface area contributed by atoms with Gasteiger partial charge in [0.2, 0.25) is 0 Å². The Bertz CT molecular complexity index is 978. The van der Waals surface area contributed by atoms with Crippen LogP contribution in [0.4, 0.5) is 24.5 Å². The van der Waals surface area contributed by atoms with Crippen LogP contribution >= 0.6 is 11.6 Å². The number of hydrogen-bond acceptors (Lipinski definition) is 3. The Morgan fingerprint density at radius 1 is 1.04 bits per heavy atom. The lowest BCUT2D eigenvalue weighted by atomic mass is 10.1. The molecule has 1 amide bonds. The minimum atomic E-state index is -4.61. The van der Waals surface area contributed by atoms with Crippen molar-refractivity contribution in [3.8, 4) is 0 Å². The van der Waals surface area contributed by atoms with Crippen molar-refractivity contribution >= 4 is 28.9 Å². The summed E-state index contributed by atoms with van der Waals surface area (Å²) in [5.41, 5.74) is 0.835. The number of nitrogens with zero attached hydrogens (tertiary/aromatic N) is 1. The number of aromatic nitrogens is 1. The van der Waals surface area contributed by atoms with Gasteiger partial charge in [-0.25, -0.2) is 0 Å². The van der Waals surface area contributed by atoms with Gasteiger partial charge in [0, 0.05) is 30.3 Å². The Morgan fingerprint density at radius 2 is 1.75 bits per heavy atom. The van der Waals surface area contributed by atoms with E-state index in [-0.39, 0.29) is 5.69 Å². The highest BCUT2D eigenvalue weighted by molar-refractivity contribution is 6.31. The fraction of sp³-hybridized carbons (Fsp3) is 0.100. The largest absolute Gasteiger partial charge is 0.417 e. The number of carbonyl (C=O) groups is 1. The van der Waals surface area contributed by atoms with Crippen LogP contribution in [0, 0.1) is 0 Å². The van der Waals surface area contributed by atoms with Gasteiger partial charge in [-0.1, -0.05) is 23.7 Å². The van der Waals surface area contributed by atoms with Gasteiger partial charge in [-0.05, 0) is 48.0 Å². The molecule has 144 valence electrons. The first-order valence-corrected chi connectivity index (χ1v) is 8.62. The van der Waals surface area contributed by atoms with E-state index in [0.717, 1.165) is 17.7 Å². The Kier molecular flexibility index (Phi) is 5.84. The molecule has 0 saturated heterocycles. The van der Waals surface area contributed by atoms with Gasteiger partial charge in [-0.3, -0.25) is 9.78 Å². The molecular weight excluding hydrogens is 391 g/mol. The van der Waals surface area contributed by atoms with E-state index in [0.29, 0.717) is 17.8 Å². The number of benzene rings is 2. The number of carbonyl (C=O) groups excluding carboxylic acids is 1. The average Bonchev–Trinajstić information content (AvgIpc) is 2.68. The topological polar surface area (TPSA) is 54.0 Å². The molecule has 0 bridgehead atoms. The van der Waals surface area contributed by atoms with Crippen molar-refractivity contribution in [1.29, 1.82) is 0 Å². The molecule has 0 unspecified atom stereocenters.